The van der Waals surface area contributed by atoms with Gasteiger partial charge in [0, 0.05) is 35.5 Å². The molecule has 0 amide bonds. The summed E-state index contributed by atoms with van der Waals surface area (Å²) in [5.41, 5.74) is 2.07. The van der Waals surface area contributed by atoms with Gasteiger partial charge < -0.3 is 9.64 Å². The first-order valence-electron chi connectivity index (χ1n) is 8.59. The summed E-state index contributed by atoms with van der Waals surface area (Å²) in [7, 11) is 2.04. The number of nitrogens with zero attached hydrogens (tertiary/aromatic N) is 3. The lowest BCUT2D eigenvalue weighted by atomic mass is 9.77. The predicted molar refractivity (Wildman–Crippen MR) is 106 cm³/mol. The maximum Gasteiger partial charge on any atom is 0.228 e. The summed E-state index contributed by atoms with van der Waals surface area (Å²) in [6.07, 6.45) is 5.55. The van der Waals surface area contributed by atoms with Gasteiger partial charge in [0.25, 0.3) is 0 Å². The molecular formula is C21H18ClN3O. The maximum absolute atomic E-state index is 6.64. The van der Waals surface area contributed by atoms with Gasteiger partial charge in [-0.2, -0.15) is 0 Å². The minimum atomic E-state index is -0.705. The highest BCUT2D eigenvalue weighted by Gasteiger charge is 2.58. The molecule has 0 saturated heterocycles. The number of fused-ring (bicyclic) bond motifs is 4. The molecule has 1 atom stereocenters. The van der Waals surface area contributed by atoms with Crippen LogP contribution < -0.4 is 9.64 Å². The van der Waals surface area contributed by atoms with E-state index in [9.17, 15) is 0 Å². The minimum Gasteiger partial charge on any atom is -0.459 e. The Hall–Kier alpha value is -2.59. The molecule has 130 valence electrons. The van der Waals surface area contributed by atoms with Crippen molar-refractivity contribution >= 4 is 40.0 Å². The van der Waals surface area contributed by atoms with Crippen LogP contribution >= 0.6 is 11.6 Å². The molecule has 26 heavy (non-hydrogen) atoms. The van der Waals surface area contributed by atoms with E-state index in [1.165, 1.54) is 0 Å². The van der Waals surface area contributed by atoms with Crippen molar-refractivity contribution in [2.45, 2.75) is 25.0 Å². The number of hydrogen-bond acceptors (Lipinski definition) is 4. The zero-order valence-electron chi connectivity index (χ0n) is 14.8. The van der Waals surface area contributed by atoms with Crippen LogP contribution in [0.25, 0.3) is 10.8 Å². The van der Waals surface area contributed by atoms with E-state index in [2.05, 4.69) is 29.8 Å². The van der Waals surface area contributed by atoms with Gasteiger partial charge in [0.2, 0.25) is 5.72 Å². The van der Waals surface area contributed by atoms with E-state index in [0.29, 0.717) is 0 Å². The molecule has 2 aromatic carbocycles. The first kappa shape index (κ1) is 15.6. The summed E-state index contributed by atoms with van der Waals surface area (Å²) in [6.45, 7) is 4.34. The minimum absolute atomic E-state index is 0.326. The van der Waals surface area contributed by atoms with Crippen molar-refractivity contribution in [3.63, 3.8) is 0 Å². The molecule has 0 N–H and O–H groups in total. The van der Waals surface area contributed by atoms with E-state index >= 15 is 0 Å². The highest BCUT2D eigenvalue weighted by Crippen LogP contribution is 2.54. The first-order valence-corrected chi connectivity index (χ1v) is 8.97. The number of aliphatic imine (C=N–C) groups is 1. The summed E-state index contributed by atoms with van der Waals surface area (Å²) < 4.78 is 6.64. The molecule has 2 aliphatic rings. The van der Waals surface area contributed by atoms with Crippen molar-refractivity contribution in [1.29, 1.82) is 0 Å². The number of hydrogen-bond donors (Lipinski definition) is 0. The van der Waals surface area contributed by atoms with E-state index in [0.717, 1.165) is 38.5 Å². The molecule has 5 heteroatoms. The fraction of sp³-hybridized carbons (Fsp3) is 0.238. The molecule has 1 unspecified atom stereocenters. The SMILES string of the molecule is CN1c2ccc(Cl)cc2C(C)(C)C12C=Nc1c(ccc3ccncc13)O2. The lowest BCUT2D eigenvalue weighted by Crippen LogP contribution is -2.61. The monoisotopic (exact) mass is 363 g/mol. The van der Waals surface area contributed by atoms with E-state index < -0.39 is 5.72 Å². The number of halogens is 1. The second-order valence-corrected chi connectivity index (χ2v) is 7.85. The molecule has 0 bridgehead atoms. The Balaban J connectivity index is 1.71. The van der Waals surface area contributed by atoms with Gasteiger partial charge in [-0.3, -0.25) is 9.98 Å². The van der Waals surface area contributed by atoms with Crippen molar-refractivity contribution < 1.29 is 4.74 Å². The molecule has 3 heterocycles. The third kappa shape index (κ3) is 1.80. The topological polar surface area (TPSA) is 37.7 Å². The fourth-order valence-electron chi connectivity index (χ4n) is 4.22. The molecule has 1 aromatic heterocycles. The average molecular weight is 364 g/mol. The van der Waals surface area contributed by atoms with Gasteiger partial charge in [-0.05, 0) is 55.1 Å². The summed E-state index contributed by atoms with van der Waals surface area (Å²) in [5.74, 6) is 0.770. The van der Waals surface area contributed by atoms with Crippen molar-refractivity contribution in [1.82, 2.24) is 4.98 Å². The Morgan fingerprint density at radius 3 is 2.81 bits per heavy atom. The highest BCUT2D eigenvalue weighted by atomic mass is 35.5. The summed E-state index contributed by atoms with van der Waals surface area (Å²) >= 11 is 6.27. The lowest BCUT2D eigenvalue weighted by Gasteiger charge is -2.44. The van der Waals surface area contributed by atoms with E-state index in [1.807, 2.05) is 49.8 Å². The van der Waals surface area contributed by atoms with Crippen LogP contribution in [0, 0.1) is 0 Å². The molecule has 0 saturated carbocycles. The van der Waals surface area contributed by atoms with Crippen LogP contribution in [0.15, 0.2) is 53.8 Å². The standard InChI is InChI=1S/C21H18ClN3O/c1-20(2)16-10-14(22)5-6-17(16)25(3)21(20)12-24-19-15-11-23-9-8-13(15)4-7-18(19)26-21/h4-12H,1-3H3. The number of ether oxygens (including phenoxy) is 1. The van der Waals surface area contributed by atoms with Gasteiger partial charge in [0.05, 0.1) is 11.6 Å². The summed E-state index contributed by atoms with van der Waals surface area (Å²) in [5, 5.41) is 2.83. The molecule has 0 fully saturated rings. The van der Waals surface area contributed by atoms with Gasteiger partial charge in [0.15, 0.2) is 0 Å². The maximum atomic E-state index is 6.64. The number of rotatable bonds is 0. The molecule has 1 spiro atoms. The van der Waals surface area contributed by atoms with E-state index in [-0.39, 0.29) is 5.41 Å². The van der Waals surface area contributed by atoms with Gasteiger partial charge in [-0.15, -0.1) is 0 Å². The first-order chi connectivity index (χ1) is 12.4. The van der Waals surface area contributed by atoms with Gasteiger partial charge in [-0.25, -0.2) is 0 Å². The van der Waals surface area contributed by atoms with Crippen LogP contribution in [0.1, 0.15) is 19.4 Å². The Morgan fingerprint density at radius 1 is 1.12 bits per heavy atom. The Morgan fingerprint density at radius 2 is 1.96 bits per heavy atom. The lowest BCUT2D eigenvalue weighted by molar-refractivity contribution is 0.0826. The zero-order valence-corrected chi connectivity index (χ0v) is 15.6. The molecular weight excluding hydrogens is 346 g/mol. The molecule has 2 aliphatic heterocycles. The molecule has 0 aliphatic carbocycles. The normalized spacial score (nSPS) is 22.4. The van der Waals surface area contributed by atoms with Crippen LogP contribution in [0.4, 0.5) is 11.4 Å². The van der Waals surface area contributed by atoms with E-state index in [1.54, 1.807) is 6.20 Å². The van der Waals surface area contributed by atoms with Crippen molar-refractivity contribution in [3.05, 3.63) is 59.4 Å². The largest absolute Gasteiger partial charge is 0.459 e. The van der Waals surface area contributed by atoms with Crippen LogP contribution in [-0.2, 0) is 5.41 Å². The van der Waals surface area contributed by atoms with Crippen LogP contribution in [-0.4, -0.2) is 24.0 Å². The zero-order chi connectivity index (χ0) is 18.1. The Kier molecular flexibility index (Phi) is 3.00. The molecule has 5 rings (SSSR count). The third-order valence-electron chi connectivity index (χ3n) is 5.78. The number of benzene rings is 2. The predicted octanol–water partition coefficient (Wildman–Crippen LogP) is 5.11. The Bertz CT molecular complexity index is 1090. The molecule has 3 aromatic rings. The quantitative estimate of drug-likeness (QED) is 0.557. The number of pyridine rings is 1. The number of anilines is 1. The molecule has 0 radical (unpaired) electrons. The van der Waals surface area contributed by atoms with E-state index in [4.69, 9.17) is 21.3 Å². The van der Waals surface area contributed by atoms with Gasteiger partial charge in [0.1, 0.15) is 11.4 Å². The van der Waals surface area contributed by atoms with Crippen molar-refractivity contribution in [3.8, 4) is 5.75 Å². The number of aromatic nitrogens is 1. The summed E-state index contributed by atoms with van der Waals surface area (Å²) in [4.78, 5) is 11.2. The second-order valence-electron chi connectivity index (χ2n) is 7.41. The van der Waals surface area contributed by atoms with Crippen LogP contribution in [0.3, 0.4) is 0 Å². The average Bonchev–Trinajstić information content (AvgIpc) is 2.80. The van der Waals surface area contributed by atoms with Gasteiger partial charge >= 0.3 is 0 Å². The smallest absolute Gasteiger partial charge is 0.228 e. The second kappa shape index (κ2) is 4.98. The highest BCUT2D eigenvalue weighted by molar-refractivity contribution is 6.30. The fourth-order valence-corrected chi connectivity index (χ4v) is 4.40. The Labute approximate surface area is 157 Å². The van der Waals surface area contributed by atoms with Crippen molar-refractivity contribution in [2.75, 3.05) is 11.9 Å². The summed E-state index contributed by atoms with van der Waals surface area (Å²) in [6, 6.07) is 12.0. The third-order valence-corrected chi connectivity index (χ3v) is 6.01. The van der Waals surface area contributed by atoms with Crippen molar-refractivity contribution in [2.24, 2.45) is 4.99 Å². The number of likely N-dealkylation sites (N-methyl/N-ethyl adjacent to an activating group) is 1. The van der Waals surface area contributed by atoms with Gasteiger partial charge in [-0.1, -0.05) is 17.7 Å². The van der Waals surface area contributed by atoms with Crippen LogP contribution in [0.5, 0.6) is 5.75 Å². The molecule has 4 nitrogen and oxygen atoms in total. The van der Waals surface area contributed by atoms with Crippen LogP contribution in [0.2, 0.25) is 5.02 Å².